The van der Waals surface area contributed by atoms with Crippen LogP contribution in [0.1, 0.15) is 22.3 Å². The second-order valence-electron chi connectivity index (χ2n) is 5.49. The fourth-order valence-corrected chi connectivity index (χ4v) is 2.75. The molecule has 0 unspecified atom stereocenters. The van der Waals surface area contributed by atoms with E-state index in [2.05, 4.69) is 5.16 Å². The number of carbonyl (C=O) groups is 1. The van der Waals surface area contributed by atoms with Gasteiger partial charge in [-0.15, -0.1) is 0 Å². The van der Waals surface area contributed by atoms with E-state index < -0.39 is 5.97 Å². The first-order chi connectivity index (χ1) is 13.0. The quantitative estimate of drug-likeness (QED) is 0.373. The van der Waals surface area contributed by atoms with Crippen LogP contribution in [-0.2, 0) is 21.0 Å². The predicted molar refractivity (Wildman–Crippen MR) is 107 cm³/mol. The summed E-state index contributed by atoms with van der Waals surface area (Å²) < 4.78 is 10.9. The first-order valence-electron chi connectivity index (χ1n) is 8.00. The van der Waals surface area contributed by atoms with Crippen molar-refractivity contribution in [1.82, 2.24) is 0 Å². The van der Waals surface area contributed by atoms with Crippen molar-refractivity contribution in [3.63, 3.8) is 0 Å². The van der Waals surface area contributed by atoms with Gasteiger partial charge in [-0.1, -0.05) is 70.8 Å². The van der Waals surface area contributed by atoms with E-state index in [0.29, 0.717) is 11.3 Å². The lowest BCUT2D eigenvalue weighted by Gasteiger charge is -2.15. The third-order valence-corrected chi connectivity index (χ3v) is 3.93. The minimum absolute atomic E-state index is 0.0629. The predicted octanol–water partition coefficient (Wildman–Crippen LogP) is 4.87. The number of ether oxygens (including phenoxy) is 2. The van der Waals surface area contributed by atoms with Crippen molar-refractivity contribution in [3.8, 4) is 5.75 Å². The third-order valence-electron chi connectivity index (χ3n) is 3.71. The molecule has 0 N–H and O–H groups in total. The summed E-state index contributed by atoms with van der Waals surface area (Å²) in [6.07, 6.45) is 1.61. The van der Waals surface area contributed by atoms with Crippen LogP contribution in [0.3, 0.4) is 0 Å². The molecule has 142 valence electrons. The molecule has 0 aromatic heterocycles. The van der Waals surface area contributed by atoms with Crippen molar-refractivity contribution in [2.75, 3.05) is 14.2 Å². The monoisotopic (exact) mass is 407 g/mol. The van der Waals surface area contributed by atoms with Crippen LogP contribution in [0.4, 0.5) is 0 Å². The zero-order valence-corrected chi connectivity index (χ0v) is 16.7. The van der Waals surface area contributed by atoms with Gasteiger partial charge in [0.25, 0.3) is 0 Å². The van der Waals surface area contributed by atoms with Crippen LogP contribution < -0.4 is 4.74 Å². The summed E-state index contributed by atoms with van der Waals surface area (Å²) in [4.78, 5) is 16.8. The molecule has 0 saturated heterocycles. The maximum Gasteiger partial charge on any atom is 0.360 e. The van der Waals surface area contributed by atoms with E-state index in [4.69, 9.17) is 37.5 Å². The van der Waals surface area contributed by atoms with Gasteiger partial charge >= 0.3 is 5.97 Å². The topological polar surface area (TPSA) is 57.1 Å². The molecule has 0 heterocycles. The van der Waals surface area contributed by atoms with Gasteiger partial charge in [0.2, 0.25) is 0 Å². The Bertz CT molecular complexity index is 874. The molecule has 0 aliphatic carbocycles. The van der Waals surface area contributed by atoms with Gasteiger partial charge in [0.05, 0.1) is 7.11 Å². The summed E-state index contributed by atoms with van der Waals surface area (Å²) in [5, 5.41) is 3.80. The number of para-hydroxylation sites is 1. The Morgan fingerprint density at radius 2 is 1.85 bits per heavy atom. The lowest BCUT2D eigenvalue weighted by molar-refractivity contribution is -0.132. The molecule has 2 aromatic rings. The molecule has 0 aliphatic rings. The van der Waals surface area contributed by atoms with Gasteiger partial charge in [-0.3, -0.25) is 0 Å². The third kappa shape index (κ3) is 5.49. The minimum atomic E-state index is -0.599. The molecule has 27 heavy (non-hydrogen) atoms. The van der Waals surface area contributed by atoms with Crippen LogP contribution in [0.2, 0.25) is 0 Å². The summed E-state index contributed by atoms with van der Waals surface area (Å²) in [6, 6.07) is 12.9. The van der Waals surface area contributed by atoms with Gasteiger partial charge in [0.1, 0.15) is 24.0 Å². The van der Waals surface area contributed by atoms with Gasteiger partial charge < -0.3 is 14.3 Å². The van der Waals surface area contributed by atoms with Crippen molar-refractivity contribution in [1.29, 1.82) is 0 Å². The number of benzene rings is 2. The number of aryl methyl sites for hydroxylation is 1. The van der Waals surface area contributed by atoms with E-state index in [-0.39, 0.29) is 16.8 Å². The Morgan fingerprint density at radius 3 is 2.52 bits per heavy atom. The molecule has 0 fully saturated rings. The van der Waals surface area contributed by atoms with Crippen molar-refractivity contribution in [3.05, 3.63) is 69.2 Å². The normalized spacial score (nSPS) is 10.9. The smallest absolute Gasteiger partial charge is 0.360 e. The van der Waals surface area contributed by atoms with Crippen molar-refractivity contribution in [2.45, 2.75) is 13.5 Å². The Morgan fingerprint density at radius 1 is 1.11 bits per heavy atom. The number of methoxy groups -OCH3 is 1. The SMILES string of the molecule is CO/N=C(/C(=O)OC)c1ccccc1COc1c(C)cccc1C=C(Cl)Cl. The molecule has 2 rings (SSSR count). The van der Waals surface area contributed by atoms with Gasteiger partial charge in [0.15, 0.2) is 5.71 Å². The number of hydrogen-bond donors (Lipinski definition) is 0. The van der Waals surface area contributed by atoms with Gasteiger partial charge in [-0.25, -0.2) is 4.79 Å². The average Bonchev–Trinajstić information content (AvgIpc) is 2.65. The Hall–Kier alpha value is -2.50. The molecular formula is C20H19Cl2NO4. The fraction of sp³-hybridized carbons (Fsp3) is 0.200. The molecular weight excluding hydrogens is 389 g/mol. The number of halogens is 2. The van der Waals surface area contributed by atoms with Gasteiger partial charge in [-0.2, -0.15) is 0 Å². The Balaban J connectivity index is 2.37. The van der Waals surface area contributed by atoms with Gasteiger partial charge in [-0.05, 0) is 24.1 Å². The molecule has 0 saturated carbocycles. The molecule has 0 bridgehead atoms. The fourth-order valence-electron chi connectivity index (χ4n) is 2.52. The second kappa shape index (κ2) is 10.00. The first kappa shape index (κ1) is 20.8. The van der Waals surface area contributed by atoms with E-state index in [0.717, 1.165) is 16.7 Å². The molecule has 0 aliphatic heterocycles. The molecule has 5 nitrogen and oxygen atoms in total. The molecule has 0 radical (unpaired) electrons. The summed E-state index contributed by atoms with van der Waals surface area (Å²) in [7, 11) is 2.65. The highest BCUT2D eigenvalue weighted by Crippen LogP contribution is 2.28. The molecule has 0 atom stereocenters. The minimum Gasteiger partial charge on any atom is -0.488 e. The standard InChI is InChI=1S/C20H19Cl2NO4/c1-13-7-6-9-14(11-17(21)22)19(13)27-12-15-8-4-5-10-16(15)18(23-26-3)20(24)25-2/h4-11H,12H2,1-3H3/b23-18+. The number of oxime groups is 1. The lowest BCUT2D eigenvalue weighted by atomic mass is 10.0. The van der Waals surface area contributed by atoms with Crippen molar-refractivity contribution in [2.24, 2.45) is 5.16 Å². The highest BCUT2D eigenvalue weighted by molar-refractivity contribution is 6.57. The van der Waals surface area contributed by atoms with Crippen molar-refractivity contribution >= 4 is 41.0 Å². The Kier molecular flexibility index (Phi) is 7.70. The van der Waals surface area contributed by atoms with Crippen LogP contribution in [0.5, 0.6) is 5.75 Å². The molecule has 0 amide bonds. The maximum atomic E-state index is 12.0. The largest absolute Gasteiger partial charge is 0.488 e. The zero-order chi connectivity index (χ0) is 19.8. The van der Waals surface area contributed by atoms with Crippen molar-refractivity contribution < 1.29 is 19.1 Å². The second-order valence-corrected chi connectivity index (χ2v) is 6.49. The van der Waals surface area contributed by atoms with Crippen LogP contribution in [0.15, 0.2) is 52.1 Å². The van der Waals surface area contributed by atoms with E-state index in [9.17, 15) is 4.79 Å². The first-order valence-corrected chi connectivity index (χ1v) is 8.76. The number of rotatable bonds is 7. The number of nitrogens with zero attached hydrogens (tertiary/aromatic N) is 1. The summed E-state index contributed by atoms with van der Waals surface area (Å²) >= 11 is 11.6. The average molecular weight is 408 g/mol. The summed E-state index contributed by atoms with van der Waals surface area (Å²) in [5.74, 6) is 0.0483. The Labute approximate surface area is 168 Å². The van der Waals surface area contributed by atoms with Gasteiger partial charge in [0, 0.05) is 11.1 Å². The lowest BCUT2D eigenvalue weighted by Crippen LogP contribution is -2.20. The van der Waals surface area contributed by atoms with Crippen LogP contribution in [0, 0.1) is 6.92 Å². The van der Waals surface area contributed by atoms with E-state index in [1.807, 2.05) is 37.3 Å². The zero-order valence-electron chi connectivity index (χ0n) is 15.2. The highest BCUT2D eigenvalue weighted by Gasteiger charge is 2.19. The van der Waals surface area contributed by atoms with Crippen LogP contribution in [-0.4, -0.2) is 25.9 Å². The van der Waals surface area contributed by atoms with E-state index >= 15 is 0 Å². The van der Waals surface area contributed by atoms with Crippen LogP contribution in [0.25, 0.3) is 6.08 Å². The summed E-state index contributed by atoms with van der Waals surface area (Å²) in [6.45, 7) is 2.12. The summed E-state index contributed by atoms with van der Waals surface area (Å²) in [5.41, 5.74) is 3.05. The number of esters is 1. The number of carbonyl (C=O) groups excluding carboxylic acids is 1. The molecule has 2 aromatic carbocycles. The molecule has 7 heteroatoms. The van der Waals surface area contributed by atoms with E-state index in [1.54, 1.807) is 18.2 Å². The van der Waals surface area contributed by atoms with E-state index in [1.165, 1.54) is 14.2 Å². The maximum absolute atomic E-state index is 12.0. The molecule has 0 spiro atoms. The number of hydrogen-bond acceptors (Lipinski definition) is 5. The highest BCUT2D eigenvalue weighted by atomic mass is 35.5. The van der Waals surface area contributed by atoms with Crippen LogP contribution >= 0.6 is 23.2 Å².